The molecule has 5 nitrogen and oxygen atoms in total. The topological polar surface area (TPSA) is 68.3 Å². The Bertz CT molecular complexity index is 689. The fraction of sp³-hybridized carbons (Fsp3) is 0.188. The quantitative estimate of drug-likeness (QED) is 0.879. The molecular formula is C16H15FN2O3. The number of carbonyl (C=O) groups excluding carboxylic acids is 2. The lowest BCUT2D eigenvalue weighted by atomic mass is 10.1. The Kier molecular flexibility index (Phi) is 4.83. The van der Waals surface area contributed by atoms with E-state index in [0.717, 1.165) is 6.07 Å². The molecule has 1 aromatic heterocycles. The highest BCUT2D eigenvalue weighted by Crippen LogP contribution is 2.15. The van der Waals surface area contributed by atoms with Gasteiger partial charge in [0.1, 0.15) is 5.82 Å². The third-order valence-corrected chi connectivity index (χ3v) is 3.14. The second kappa shape index (κ2) is 6.80. The van der Waals surface area contributed by atoms with E-state index in [4.69, 9.17) is 0 Å². The summed E-state index contributed by atoms with van der Waals surface area (Å²) in [6.45, 7) is 1.68. The zero-order valence-electron chi connectivity index (χ0n) is 12.2. The highest BCUT2D eigenvalue weighted by molar-refractivity contribution is 5.98. The maximum Gasteiger partial charge on any atom is 0.334 e. The van der Waals surface area contributed by atoms with Gasteiger partial charge in [-0.1, -0.05) is 12.1 Å². The van der Waals surface area contributed by atoms with Crippen LogP contribution in [-0.4, -0.2) is 24.0 Å². The number of nitrogens with zero attached hydrogens (tertiary/aromatic N) is 1. The van der Waals surface area contributed by atoms with E-state index >= 15 is 0 Å². The first-order valence-corrected chi connectivity index (χ1v) is 6.58. The second-order valence-corrected chi connectivity index (χ2v) is 4.64. The van der Waals surface area contributed by atoms with Crippen molar-refractivity contribution in [3.05, 3.63) is 65.2 Å². The van der Waals surface area contributed by atoms with Crippen molar-refractivity contribution in [2.45, 2.75) is 13.0 Å². The van der Waals surface area contributed by atoms with E-state index < -0.39 is 23.7 Å². The van der Waals surface area contributed by atoms with Crippen molar-refractivity contribution < 1.29 is 18.7 Å². The molecule has 6 heteroatoms. The molecule has 1 aromatic carbocycles. The summed E-state index contributed by atoms with van der Waals surface area (Å²) in [4.78, 5) is 28.2. The Hall–Kier alpha value is -2.76. The van der Waals surface area contributed by atoms with Crippen LogP contribution in [0.1, 0.15) is 27.7 Å². The van der Waals surface area contributed by atoms with Gasteiger partial charge in [0.05, 0.1) is 12.8 Å². The highest BCUT2D eigenvalue weighted by atomic mass is 19.1. The van der Waals surface area contributed by atoms with Crippen molar-refractivity contribution in [3.63, 3.8) is 0 Å². The standard InChI is InChI=1S/C16H15FN2O3/c1-10-6-7-11(17)9-12(10)15(20)19-14(16(21)22-2)13-5-3-4-8-18-13/h3-9,14H,1-2H3,(H,19,20)/t14-/m1/s1. The van der Waals surface area contributed by atoms with Crippen molar-refractivity contribution in [2.24, 2.45) is 0 Å². The van der Waals surface area contributed by atoms with Crippen molar-refractivity contribution >= 4 is 11.9 Å². The van der Waals surface area contributed by atoms with Gasteiger partial charge in [-0.25, -0.2) is 9.18 Å². The van der Waals surface area contributed by atoms with Crippen LogP contribution in [-0.2, 0) is 9.53 Å². The maximum atomic E-state index is 13.3. The Balaban J connectivity index is 2.29. The van der Waals surface area contributed by atoms with Crippen molar-refractivity contribution in [2.75, 3.05) is 7.11 Å². The Morgan fingerprint density at radius 2 is 2.05 bits per heavy atom. The average Bonchev–Trinajstić information content (AvgIpc) is 2.54. The molecule has 0 aliphatic carbocycles. The molecule has 0 unspecified atom stereocenters. The molecule has 0 bridgehead atoms. The predicted octanol–water partition coefficient (Wildman–Crippen LogP) is 2.17. The summed E-state index contributed by atoms with van der Waals surface area (Å²) in [5.74, 6) is -1.75. The fourth-order valence-electron chi connectivity index (χ4n) is 1.97. The van der Waals surface area contributed by atoms with E-state index in [1.165, 1.54) is 25.4 Å². The molecule has 2 rings (SSSR count). The van der Waals surface area contributed by atoms with Gasteiger partial charge in [0, 0.05) is 11.8 Å². The first kappa shape index (κ1) is 15.6. The Morgan fingerprint density at radius 3 is 2.68 bits per heavy atom. The summed E-state index contributed by atoms with van der Waals surface area (Å²) in [5, 5.41) is 2.53. The monoisotopic (exact) mass is 302 g/mol. The molecule has 1 atom stereocenters. The summed E-state index contributed by atoms with van der Waals surface area (Å²) < 4.78 is 18.0. The third-order valence-electron chi connectivity index (χ3n) is 3.14. The molecule has 0 aliphatic heterocycles. The molecule has 22 heavy (non-hydrogen) atoms. The van der Waals surface area contributed by atoms with Crippen molar-refractivity contribution in [1.29, 1.82) is 0 Å². The van der Waals surface area contributed by atoms with Crippen LogP contribution in [0.3, 0.4) is 0 Å². The van der Waals surface area contributed by atoms with Gasteiger partial charge in [-0.3, -0.25) is 9.78 Å². The van der Waals surface area contributed by atoms with Crippen LogP contribution in [0, 0.1) is 12.7 Å². The third kappa shape index (κ3) is 3.46. The van der Waals surface area contributed by atoms with Gasteiger partial charge in [-0.05, 0) is 36.8 Å². The van der Waals surface area contributed by atoms with E-state index in [1.54, 1.807) is 25.1 Å². The van der Waals surface area contributed by atoms with Crippen LogP contribution in [0.2, 0.25) is 0 Å². The van der Waals surface area contributed by atoms with Crippen LogP contribution in [0.5, 0.6) is 0 Å². The normalized spacial score (nSPS) is 11.6. The number of esters is 1. The van der Waals surface area contributed by atoms with E-state index in [-0.39, 0.29) is 5.56 Å². The average molecular weight is 302 g/mol. The number of carbonyl (C=O) groups is 2. The van der Waals surface area contributed by atoms with Gasteiger partial charge in [0.25, 0.3) is 5.91 Å². The maximum absolute atomic E-state index is 13.3. The molecule has 0 radical (unpaired) electrons. The zero-order valence-corrected chi connectivity index (χ0v) is 12.2. The van der Waals surface area contributed by atoms with E-state index in [0.29, 0.717) is 11.3 Å². The minimum absolute atomic E-state index is 0.157. The van der Waals surface area contributed by atoms with E-state index in [1.807, 2.05) is 0 Å². The number of hydrogen-bond donors (Lipinski definition) is 1. The fourth-order valence-corrected chi connectivity index (χ4v) is 1.97. The molecule has 1 N–H and O–H groups in total. The van der Waals surface area contributed by atoms with Crippen molar-refractivity contribution in [3.8, 4) is 0 Å². The number of ether oxygens (including phenoxy) is 1. The van der Waals surface area contributed by atoms with Crippen molar-refractivity contribution in [1.82, 2.24) is 10.3 Å². The minimum Gasteiger partial charge on any atom is -0.467 e. The molecule has 0 spiro atoms. The predicted molar refractivity (Wildman–Crippen MR) is 77.6 cm³/mol. The number of benzene rings is 1. The number of halogens is 1. The lowest BCUT2D eigenvalue weighted by Gasteiger charge is -2.16. The summed E-state index contributed by atoms with van der Waals surface area (Å²) in [6, 6.07) is 7.81. The largest absolute Gasteiger partial charge is 0.467 e. The first-order valence-electron chi connectivity index (χ1n) is 6.58. The lowest BCUT2D eigenvalue weighted by Crippen LogP contribution is -2.35. The molecule has 0 saturated carbocycles. The van der Waals surface area contributed by atoms with Crippen LogP contribution in [0.25, 0.3) is 0 Å². The molecule has 114 valence electrons. The molecular weight excluding hydrogens is 287 g/mol. The number of nitrogens with one attached hydrogen (secondary N) is 1. The van der Waals surface area contributed by atoms with Gasteiger partial charge >= 0.3 is 5.97 Å². The summed E-state index contributed by atoms with van der Waals surface area (Å²) in [6.07, 6.45) is 1.50. The van der Waals surface area contributed by atoms with Crippen LogP contribution < -0.4 is 5.32 Å². The number of aryl methyl sites for hydroxylation is 1. The summed E-state index contributed by atoms with van der Waals surface area (Å²) in [7, 11) is 1.22. The highest BCUT2D eigenvalue weighted by Gasteiger charge is 2.25. The van der Waals surface area contributed by atoms with Crippen LogP contribution >= 0.6 is 0 Å². The lowest BCUT2D eigenvalue weighted by molar-refractivity contribution is -0.143. The SMILES string of the molecule is COC(=O)[C@H](NC(=O)c1cc(F)ccc1C)c1ccccn1. The smallest absolute Gasteiger partial charge is 0.334 e. The van der Waals surface area contributed by atoms with Gasteiger partial charge in [-0.15, -0.1) is 0 Å². The summed E-state index contributed by atoms with van der Waals surface area (Å²) >= 11 is 0. The Morgan fingerprint density at radius 1 is 1.27 bits per heavy atom. The number of methoxy groups -OCH3 is 1. The van der Waals surface area contributed by atoms with E-state index in [9.17, 15) is 14.0 Å². The number of pyridine rings is 1. The number of rotatable bonds is 4. The van der Waals surface area contributed by atoms with Crippen LogP contribution in [0.15, 0.2) is 42.6 Å². The molecule has 1 amide bonds. The van der Waals surface area contributed by atoms with Gasteiger partial charge in [-0.2, -0.15) is 0 Å². The van der Waals surface area contributed by atoms with Gasteiger partial charge in [0.15, 0.2) is 6.04 Å². The summed E-state index contributed by atoms with van der Waals surface area (Å²) in [5.41, 5.74) is 1.10. The number of aromatic nitrogens is 1. The molecule has 0 aliphatic rings. The molecule has 1 heterocycles. The van der Waals surface area contributed by atoms with Crippen LogP contribution in [0.4, 0.5) is 4.39 Å². The van der Waals surface area contributed by atoms with E-state index in [2.05, 4.69) is 15.0 Å². The molecule has 2 aromatic rings. The zero-order chi connectivity index (χ0) is 16.1. The Labute approximate surface area is 127 Å². The van der Waals surface area contributed by atoms with Gasteiger partial charge in [0.2, 0.25) is 0 Å². The minimum atomic E-state index is -1.05. The second-order valence-electron chi connectivity index (χ2n) is 4.64. The molecule has 0 fully saturated rings. The number of amides is 1. The van der Waals surface area contributed by atoms with Gasteiger partial charge < -0.3 is 10.1 Å². The first-order chi connectivity index (χ1) is 10.5. The number of hydrogen-bond acceptors (Lipinski definition) is 4. The molecule has 0 saturated heterocycles.